The molecule has 1 amide bonds. The molecule has 1 aliphatic rings. The van der Waals surface area contributed by atoms with Gasteiger partial charge in [0.15, 0.2) is 0 Å². The number of carbonyl (C=O) groups is 3. The Kier molecular flexibility index (Phi) is 8.42. The number of benzene rings is 1. The summed E-state index contributed by atoms with van der Waals surface area (Å²) in [6, 6.07) is 10.6. The van der Waals surface area contributed by atoms with E-state index >= 15 is 0 Å². The molecule has 4 N–H and O–H groups in total. The van der Waals surface area contributed by atoms with Crippen LogP contribution in [-0.2, 0) is 33.8 Å². The van der Waals surface area contributed by atoms with Gasteiger partial charge in [-0.3, -0.25) is 4.79 Å². The molecule has 1 aliphatic carbocycles. The van der Waals surface area contributed by atoms with Crippen LogP contribution in [0.3, 0.4) is 0 Å². The van der Waals surface area contributed by atoms with E-state index < -0.39 is 11.9 Å². The van der Waals surface area contributed by atoms with Gasteiger partial charge in [0.1, 0.15) is 5.76 Å². The van der Waals surface area contributed by atoms with Crippen LogP contribution in [0.1, 0.15) is 48.3 Å². The number of carbonyl (C=O) groups excluding carboxylic acids is 1. The lowest BCUT2D eigenvalue weighted by Gasteiger charge is -2.20. The molecule has 0 saturated carbocycles. The molecule has 2 aromatic rings. The number of carboxylic acids is 2. The highest BCUT2D eigenvalue weighted by Gasteiger charge is 2.13. The first kappa shape index (κ1) is 22.2. The van der Waals surface area contributed by atoms with Crippen molar-refractivity contribution >= 4 is 17.8 Å². The van der Waals surface area contributed by atoms with Crippen molar-refractivity contribution in [2.75, 3.05) is 6.54 Å². The first-order chi connectivity index (χ1) is 13.9. The number of aliphatic carboxylic acids is 2. The first-order valence-electron chi connectivity index (χ1n) is 9.47. The van der Waals surface area contributed by atoms with E-state index in [4.69, 9.17) is 24.2 Å². The minimum absolute atomic E-state index is 0.0220. The first-order valence-corrected chi connectivity index (χ1v) is 9.47. The molecular formula is C21H26N2O6. The Morgan fingerprint density at radius 3 is 2.38 bits per heavy atom. The standard InChI is InChI=1S/C19H24N2O2.C2H2O4/c1-14(16-9-8-15-5-2-3-6-17(15)11-16)20-13-19(22)21-12-18-7-4-10-23-18;3-1(4)2(5)6/h4,7-11,14,20H,2-3,5-6,12-13H2,1H3,(H,21,22);(H,3,4)(H,5,6). The van der Waals surface area contributed by atoms with Crippen LogP contribution in [0.5, 0.6) is 0 Å². The number of amides is 1. The lowest BCUT2D eigenvalue weighted by Crippen LogP contribution is -2.34. The van der Waals surface area contributed by atoms with Crippen molar-refractivity contribution in [2.24, 2.45) is 0 Å². The molecule has 0 fully saturated rings. The van der Waals surface area contributed by atoms with Crippen LogP contribution in [0.25, 0.3) is 0 Å². The zero-order valence-electron chi connectivity index (χ0n) is 16.3. The molecule has 1 atom stereocenters. The average molecular weight is 402 g/mol. The van der Waals surface area contributed by atoms with Gasteiger partial charge in [-0.15, -0.1) is 0 Å². The Balaban J connectivity index is 0.000000438. The SMILES string of the molecule is CC(NCC(=O)NCc1ccco1)c1ccc2c(c1)CCCC2.O=C(O)C(=O)O. The van der Waals surface area contributed by atoms with Gasteiger partial charge in [0.05, 0.1) is 19.4 Å². The van der Waals surface area contributed by atoms with Crippen LogP contribution in [0.15, 0.2) is 41.0 Å². The zero-order valence-corrected chi connectivity index (χ0v) is 16.3. The molecule has 0 radical (unpaired) electrons. The van der Waals surface area contributed by atoms with Gasteiger partial charge in [0.2, 0.25) is 5.91 Å². The van der Waals surface area contributed by atoms with E-state index in [-0.39, 0.29) is 11.9 Å². The van der Waals surface area contributed by atoms with Gasteiger partial charge in [-0.1, -0.05) is 18.2 Å². The number of hydrogen-bond acceptors (Lipinski definition) is 5. The molecule has 156 valence electrons. The molecular weight excluding hydrogens is 376 g/mol. The van der Waals surface area contributed by atoms with Gasteiger partial charge >= 0.3 is 11.9 Å². The maximum atomic E-state index is 11.9. The number of aryl methyl sites for hydroxylation is 2. The summed E-state index contributed by atoms with van der Waals surface area (Å²) in [4.78, 5) is 30.1. The second-order valence-corrected chi connectivity index (χ2v) is 6.80. The highest BCUT2D eigenvalue weighted by Crippen LogP contribution is 2.24. The third-order valence-electron chi connectivity index (χ3n) is 4.66. The fraction of sp³-hybridized carbons (Fsp3) is 0.381. The van der Waals surface area contributed by atoms with Crippen LogP contribution in [0, 0.1) is 0 Å². The molecule has 1 unspecified atom stereocenters. The Hall–Kier alpha value is -3.13. The van der Waals surface area contributed by atoms with Gasteiger partial charge in [-0.25, -0.2) is 9.59 Å². The van der Waals surface area contributed by atoms with Gasteiger partial charge in [-0.2, -0.15) is 0 Å². The van der Waals surface area contributed by atoms with E-state index in [1.54, 1.807) is 6.26 Å². The summed E-state index contributed by atoms with van der Waals surface area (Å²) in [5, 5.41) is 20.9. The largest absolute Gasteiger partial charge is 0.473 e. The van der Waals surface area contributed by atoms with E-state index in [0.717, 1.165) is 5.76 Å². The van der Waals surface area contributed by atoms with Crippen molar-refractivity contribution in [1.29, 1.82) is 0 Å². The molecule has 0 bridgehead atoms. The minimum Gasteiger partial charge on any atom is -0.473 e. The van der Waals surface area contributed by atoms with E-state index in [2.05, 4.69) is 35.8 Å². The Bertz CT molecular complexity index is 820. The van der Waals surface area contributed by atoms with Gasteiger partial charge in [-0.05, 0) is 61.4 Å². The van der Waals surface area contributed by atoms with Crippen LogP contribution < -0.4 is 10.6 Å². The van der Waals surface area contributed by atoms with E-state index in [1.807, 2.05) is 12.1 Å². The molecule has 0 saturated heterocycles. The smallest absolute Gasteiger partial charge is 0.414 e. The number of nitrogens with one attached hydrogen (secondary N) is 2. The highest BCUT2D eigenvalue weighted by molar-refractivity contribution is 6.27. The Labute approximate surface area is 168 Å². The third kappa shape index (κ3) is 7.42. The predicted octanol–water partition coefficient (Wildman–Crippen LogP) is 2.28. The number of rotatable bonds is 6. The van der Waals surface area contributed by atoms with E-state index in [0.29, 0.717) is 13.1 Å². The second-order valence-electron chi connectivity index (χ2n) is 6.80. The summed E-state index contributed by atoms with van der Waals surface area (Å²) in [5.41, 5.74) is 4.22. The van der Waals surface area contributed by atoms with Gasteiger partial charge < -0.3 is 25.3 Å². The Morgan fingerprint density at radius 2 is 1.76 bits per heavy atom. The highest BCUT2D eigenvalue weighted by atomic mass is 16.4. The second kappa shape index (κ2) is 11.0. The minimum atomic E-state index is -1.82. The van der Waals surface area contributed by atoms with Crippen LogP contribution >= 0.6 is 0 Å². The van der Waals surface area contributed by atoms with Crippen LogP contribution in [0.4, 0.5) is 0 Å². The molecule has 8 heteroatoms. The molecule has 3 rings (SSSR count). The summed E-state index contributed by atoms with van der Waals surface area (Å²) >= 11 is 0. The summed E-state index contributed by atoms with van der Waals surface area (Å²) in [6.07, 6.45) is 6.58. The number of furan rings is 1. The third-order valence-corrected chi connectivity index (χ3v) is 4.66. The van der Waals surface area contributed by atoms with Crippen molar-refractivity contribution in [1.82, 2.24) is 10.6 Å². The molecule has 8 nitrogen and oxygen atoms in total. The lowest BCUT2D eigenvalue weighted by molar-refractivity contribution is -0.159. The zero-order chi connectivity index (χ0) is 21.2. The van der Waals surface area contributed by atoms with Crippen molar-refractivity contribution in [3.8, 4) is 0 Å². The maximum Gasteiger partial charge on any atom is 0.414 e. The molecule has 0 aliphatic heterocycles. The summed E-state index contributed by atoms with van der Waals surface area (Å²) in [6.45, 7) is 2.84. The Morgan fingerprint density at radius 1 is 1.07 bits per heavy atom. The molecule has 0 spiro atoms. The topological polar surface area (TPSA) is 129 Å². The number of fused-ring (bicyclic) bond motifs is 1. The molecule has 1 aromatic heterocycles. The van der Waals surface area contributed by atoms with Crippen LogP contribution in [0.2, 0.25) is 0 Å². The lowest BCUT2D eigenvalue weighted by atomic mass is 9.89. The number of carboxylic acid groups (broad SMARTS) is 2. The maximum absolute atomic E-state index is 11.9. The van der Waals surface area contributed by atoms with Gasteiger partial charge in [0.25, 0.3) is 0 Å². The quantitative estimate of drug-likeness (QED) is 0.546. The normalized spacial score (nSPS) is 13.4. The fourth-order valence-electron chi connectivity index (χ4n) is 3.05. The average Bonchev–Trinajstić information content (AvgIpc) is 3.24. The van der Waals surface area contributed by atoms with E-state index in [9.17, 15) is 4.79 Å². The fourth-order valence-corrected chi connectivity index (χ4v) is 3.05. The van der Waals surface area contributed by atoms with Gasteiger partial charge in [0, 0.05) is 6.04 Å². The van der Waals surface area contributed by atoms with Crippen molar-refractivity contribution < 1.29 is 29.0 Å². The van der Waals surface area contributed by atoms with Crippen molar-refractivity contribution in [3.05, 3.63) is 59.0 Å². The van der Waals surface area contributed by atoms with Crippen molar-refractivity contribution in [3.63, 3.8) is 0 Å². The van der Waals surface area contributed by atoms with Crippen molar-refractivity contribution in [2.45, 2.75) is 45.2 Å². The summed E-state index contributed by atoms with van der Waals surface area (Å²) < 4.78 is 5.20. The molecule has 1 aromatic carbocycles. The molecule has 29 heavy (non-hydrogen) atoms. The summed E-state index contributed by atoms with van der Waals surface area (Å²) in [5.74, 6) is -2.91. The molecule has 1 heterocycles. The monoisotopic (exact) mass is 402 g/mol. The summed E-state index contributed by atoms with van der Waals surface area (Å²) in [7, 11) is 0. The van der Waals surface area contributed by atoms with E-state index in [1.165, 1.54) is 42.4 Å². The van der Waals surface area contributed by atoms with Crippen LogP contribution in [-0.4, -0.2) is 34.6 Å². The number of hydrogen-bond donors (Lipinski definition) is 4. The predicted molar refractivity (Wildman–Crippen MR) is 105 cm³/mol.